The Labute approximate surface area is 173 Å². The van der Waals surface area contributed by atoms with Gasteiger partial charge in [0.05, 0.1) is 11.5 Å². The predicted molar refractivity (Wildman–Crippen MR) is 116 cm³/mol. The lowest BCUT2D eigenvalue weighted by molar-refractivity contribution is 0.370. The molecule has 1 aromatic rings. The Morgan fingerprint density at radius 2 is 2.08 bits per heavy atom. The number of sulfone groups is 1. The fourth-order valence-corrected chi connectivity index (χ4v) is 5.19. The second-order valence-corrected chi connectivity index (χ2v) is 8.85. The molecule has 2 aliphatic rings. The van der Waals surface area contributed by atoms with Gasteiger partial charge in [-0.05, 0) is 31.4 Å². The van der Waals surface area contributed by atoms with Gasteiger partial charge in [0.2, 0.25) is 0 Å². The van der Waals surface area contributed by atoms with Gasteiger partial charge >= 0.3 is 0 Å². The van der Waals surface area contributed by atoms with E-state index in [-0.39, 0.29) is 35.6 Å². The van der Waals surface area contributed by atoms with E-state index in [2.05, 4.69) is 27.0 Å². The van der Waals surface area contributed by atoms with Crippen LogP contribution in [0.5, 0.6) is 0 Å². The van der Waals surface area contributed by atoms with Crippen LogP contribution in [-0.2, 0) is 9.84 Å². The van der Waals surface area contributed by atoms with Gasteiger partial charge in [0.15, 0.2) is 15.8 Å². The number of rotatable bonds is 4. The molecule has 2 fully saturated rings. The topological polar surface area (TPSA) is 77.9 Å². The molecule has 3 rings (SSSR count). The van der Waals surface area contributed by atoms with Gasteiger partial charge in [0, 0.05) is 45.5 Å². The molecular weight excluding hydrogens is 465 g/mol. The van der Waals surface area contributed by atoms with E-state index in [9.17, 15) is 8.42 Å². The highest BCUT2D eigenvalue weighted by Crippen LogP contribution is 2.19. The molecule has 0 radical (unpaired) electrons. The second-order valence-electron chi connectivity index (χ2n) is 6.63. The molecule has 0 amide bonds. The number of anilines is 1. The molecule has 1 aromatic heterocycles. The number of piperazine rings is 1. The van der Waals surface area contributed by atoms with Crippen LogP contribution in [0.1, 0.15) is 13.3 Å². The average molecular weight is 493 g/mol. The van der Waals surface area contributed by atoms with Crippen molar-refractivity contribution in [2.24, 2.45) is 10.9 Å². The highest BCUT2D eigenvalue weighted by atomic mass is 127. The zero-order chi connectivity index (χ0) is 17.7. The zero-order valence-corrected chi connectivity index (χ0v) is 18.3. The maximum Gasteiger partial charge on any atom is 0.194 e. The van der Waals surface area contributed by atoms with Crippen LogP contribution in [0.3, 0.4) is 0 Å². The standard InChI is InChI=1S/C17H27N5O2S.HI/c1-2-18-17(20-13-15-6-12-25(23,24)14-15)22-10-8-21(9-11-22)16-5-3-4-7-19-16;/h3-5,7,15H,2,6,8-14H2,1H3,(H,18,20);1H. The summed E-state index contributed by atoms with van der Waals surface area (Å²) in [6.45, 7) is 7.01. The van der Waals surface area contributed by atoms with Crippen LogP contribution >= 0.6 is 24.0 Å². The van der Waals surface area contributed by atoms with Crippen molar-refractivity contribution in [1.29, 1.82) is 0 Å². The van der Waals surface area contributed by atoms with Gasteiger partial charge in [-0.3, -0.25) is 4.99 Å². The van der Waals surface area contributed by atoms with Crippen molar-refractivity contribution in [3.05, 3.63) is 24.4 Å². The molecule has 7 nitrogen and oxygen atoms in total. The SMILES string of the molecule is CCNC(=NCC1CCS(=O)(=O)C1)N1CCN(c2ccccn2)CC1.I. The molecule has 2 saturated heterocycles. The Bertz CT molecular complexity index is 690. The first-order valence-electron chi connectivity index (χ1n) is 8.97. The predicted octanol–water partition coefficient (Wildman–Crippen LogP) is 1.22. The van der Waals surface area contributed by atoms with E-state index in [1.807, 2.05) is 24.4 Å². The van der Waals surface area contributed by atoms with Crippen molar-refractivity contribution in [1.82, 2.24) is 15.2 Å². The minimum absolute atomic E-state index is 0. The summed E-state index contributed by atoms with van der Waals surface area (Å²) >= 11 is 0. The monoisotopic (exact) mass is 493 g/mol. The smallest absolute Gasteiger partial charge is 0.194 e. The van der Waals surface area contributed by atoms with Crippen molar-refractivity contribution in [2.75, 3.05) is 55.7 Å². The Balaban J connectivity index is 0.00000243. The second kappa shape index (κ2) is 9.72. The first kappa shape index (κ1) is 21.2. The third-order valence-electron chi connectivity index (χ3n) is 4.71. The van der Waals surface area contributed by atoms with Gasteiger partial charge in [-0.1, -0.05) is 6.07 Å². The molecule has 2 aliphatic heterocycles. The molecule has 0 saturated carbocycles. The van der Waals surface area contributed by atoms with Crippen LogP contribution in [0, 0.1) is 5.92 Å². The number of nitrogens with one attached hydrogen (secondary N) is 1. The summed E-state index contributed by atoms with van der Waals surface area (Å²) in [5.41, 5.74) is 0. The van der Waals surface area contributed by atoms with Crippen LogP contribution < -0.4 is 10.2 Å². The highest BCUT2D eigenvalue weighted by molar-refractivity contribution is 14.0. The van der Waals surface area contributed by atoms with E-state index in [1.54, 1.807) is 0 Å². The van der Waals surface area contributed by atoms with Gasteiger partial charge in [-0.25, -0.2) is 13.4 Å². The third kappa shape index (κ3) is 5.70. The number of halogens is 1. The Hall–Kier alpha value is -1.10. The normalized spacial score (nSPS) is 22.8. The van der Waals surface area contributed by atoms with E-state index in [1.165, 1.54) is 0 Å². The van der Waals surface area contributed by atoms with Crippen molar-refractivity contribution >= 4 is 45.6 Å². The number of aromatic nitrogens is 1. The molecule has 26 heavy (non-hydrogen) atoms. The Kier molecular flexibility index (Phi) is 7.93. The summed E-state index contributed by atoms with van der Waals surface area (Å²) in [6.07, 6.45) is 2.56. The first-order valence-corrected chi connectivity index (χ1v) is 10.8. The lowest BCUT2D eigenvalue weighted by Gasteiger charge is -2.37. The summed E-state index contributed by atoms with van der Waals surface area (Å²) in [4.78, 5) is 13.7. The van der Waals surface area contributed by atoms with Crippen LogP contribution in [-0.4, -0.2) is 75.0 Å². The van der Waals surface area contributed by atoms with Gasteiger partial charge in [-0.15, -0.1) is 24.0 Å². The third-order valence-corrected chi connectivity index (χ3v) is 6.55. The van der Waals surface area contributed by atoms with Gasteiger partial charge in [0.1, 0.15) is 5.82 Å². The molecule has 0 bridgehead atoms. The number of nitrogens with zero attached hydrogens (tertiary/aromatic N) is 4. The fraction of sp³-hybridized carbons (Fsp3) is 0.647. The quantitative estimate of drug-likeness (QED) is 0.386. The van der Waals surface area contributed by atoms with Crippen LogP contribution in [0.4, 0.5) is 5.82 Å². The van der Waals surface area contributed by atoms with Crippen LogP contribution in [0.25, 0.3) is 0 Å². The average Bonchev–Trinajstić information content (AvgIpc) is 2.98. The molecule has 1 unspecified atom stereocenters. The number of hydrogen-bond donors (Lipinski definition) is 1. The highest BCUT2D eigenvalue weighted by Gasteiger charge is 2.28. The van der Waals surface area contributed by atoms with E-state index in [4.69, 9.17) is 4.99 Å². The van der Waals surface area contributed by atoms with E-state index in [0.29, 0.717) is 12.3 Å². The maximum absolute atomic E-state index is 11.6. The summed E-state index contributed by atoms with van der Waals surface area (Å²) in [7, 11) is -2.84. The molecule has 0 aliphatic carbocycles. The van der Waals surface area contributed by atoms with Crippen molar-refractivity contribution in [2.45, 2.75) is 13.3 Å². The number of aliphatic imine (C=N–C) groups is 1. The van der Waals surface area contributed by atoms with Crippen LogP contribution in [0.2, 0.25) is 0 Å². The van der Waals surface area contributed by atoms with Crippen molar-refractivity contribution < 1.29 is 8.42 Å². The molecule has 1 N–H and O–H groups in total. The van der Waals surface area contributed by atoms with Gasteiger partial charge in [0.25, 0.3) is 0 Å². The van der Waals surface area contributed by atoms with E-state index >= 15 is 0 Å². The maximum atomic E-state index is 11.6. The molecule has 146 valence electrons. The van der Waals surface area contributed by atoms with E-state index < -0.39 is 9.84 Å². The largest absolute Gasteiger partial charge is 0.357 e. The summed E-state index contributed by atoms with van der Waals surface area (Å²) in [5, 5.41) is 3.34. The molecule has 0 aromatic carbocycles. The zero-order valence-electron chi connectivity index (χ0n) is 15.2. The molecular formula is C17H28IN5O2S. The van der Waals surface area contributed by atoms with Crippen molar-refractivity contribution in [3.63, 3.8) is 0 Å². The van der Waals surface area contributed by atoms with E-state index in [0.717, 1.165) is 50.9 Å². The molecule has 9 heteroatoms. The minimum atomic E-state index is -2.84. The Morgan fingerprint density at radius 1 is 1.31 bits per heavy atom. The summed E-state index contributed by atoms with van der Waals surface area (Å²) in [5.74, 6) is 2.66. The lowest BCUT2D eigenvalue weighted by Crippen LogP contribution is -2.52. The number of pyridine rings is 1. The Morgan fingerprint density at radius 3 is 2.65 bits per heavy atom. The molecule has 1 atom stereocenters. The summed E-state index contributed by atoms with van der Waals surface area (Å²) < 4.78 is 23.2. The van der Waals surface area contributed by atoms with Crippen molar-refractivity contribution in [3.8, 4) is 0 Å². The lowest BCUT2D eigenvalue weighted by atomic mass is 10.1. The molecule has 0 spiro atoms. The number of hydrogen-bond acceptors (Lipinski definition) is 5. The summed E-state index contributed by atoms with van der Waals surface area (Å²) in [6, 6.07) is 5.98. The fourth-order valence-electron chi connectivity index (χ4n) is 3.35. The minimum Gasteiger partial charge on any atom is -0.357 e. The number of guanidine groups is 1. The van der Waals surface area contributed by atoms with Crippen LogP contribution in [0.15, 0.2) is 29.4 Å². The molecule has 3 heterocycles. The first-order chi connectivity index (χ1) is 12.1. The van der Waals surface area contributed by atoms with Gasteiger partial charge in [-0.2, -0.15) is 0 Å². The van der Waals surface area contributed by atoms with Gasteiger partial charge < -0.3 is 15.1 Å².